The smallest absolute Gasteiger partial charge is 0.229 e. The number of amides is 1. The molecule has 2 aromatic carbocycles. The number of benzene rings is 2. The molecule has 0 saturated carbocycles. The number of carbonyl (C=O) groups is 1. The van der Waals surface area contributed by atoms with Crippen molar-refractivity contribution in [1.82, 2.24) is 20.0 Å². The van der Waals surface area contributed by atoms with Crippen LogP contribution >= 0.6 is 0 Å². The monoisotopic (exact) mass is 387 g/mol. The topological polar surface area (TPSA) is 72.7 Å². The fourth-order valence-electron chi connectivity index (χ4n) is 3.15. The predicted molar refractivity (Wildman–Crippen MR) is 108 cm³/mol. The maximum absolute atomic E-state index is 13.4. The summed E-state index contributed by atoms with van der Waals surface area (Å²) < 4.78 is 15.0. The van der Waals surface area contributed by atoms with E-state index in [0.29, 0.717) is 17.1 Å². The van der Waals surface area contributed by atoms with E-state index in [0.717, 1.165) is 16.7 Å². The molecule has 2 aromatic heterocycles. The molecule has 0 bridgehead atoms. The Morgan fingerprint density at radius 3 is 2.45 bits per heavy atom. The van der Waals surface area contributed by atoms with Crippen LogP contribution in [0.25, 0.3) is 22.4 Å². The average Bonchev–Trinajstić information content (AvgIpc) is 3.06. The zero-order valence-corrected chi connectivity index (χ0v) is 15.7. The Morgan fingerprint density at radius 1 is 1.00 bits per heavy atom. The summed E-state index contributed by atoms with van der Waals surface area (Å²) in [6.45, 7) is 0. The van der Waals surface area contributed by atoms with E-state index in [4.69, 9.17) is 0 Å². The SMILES string of the molecule is Cn1nc(-c2ccc(F)cc2)c(-c2ccnnc2)c1NC(=O)Cc1ccccc1. The highest BCUT2D eigenvalue weighted by Gasteiger charge is 2.21. The van der Waals surface area contributed by atoms with Gasteiger partial charge in [0.1, 0.15) is 17.3 Å². The van der Waals surface area contributed by atoms with E-state index in [-0.39, 0.29) is 18.1 Å². The molecule has 1 amide bonds. The highest BCUT2D eigenvalue weighted by molar-refractivity contribution is 5.98. The van der Waals surface area contributed by atoms with Crippen molar-refractivity contribution in [2.24, 2.45) is 7.05 Å². The van der Waals surface area contributed by atoms with Gasteiger partial charge in [0, 0.05) is 18.2 Å². The molecule has 4 rings (SSSR count). The highest BCUT2D eigenvalue weighted by atomic mass is 19.1. The number of rotatable bonds is 5. The molecule has 0 spiro atoms. The number of aromatic nitrogens is 4. The molecular formula is C22H18FN5O. The summed E-state index contributed by atoms with van der Waals surface area (Å²) in [5.74, 6) is 0.0552. The molecule has 29 heavy (non-hydrogen) atoms. The molecule has 0 aliphatic heterocycles. The Kier molecular flexibility index (Phi) is 5.11. The molecule has 0 aliphatic rings. The zero-order valence-electron chi connectivity index (χ0n) is 15.7. The predicted octanol–water partition coefficient (Wildman–Crippen LogP) is 3.86. The molecule has 0 atom stereocenters. The van der Waals surface area contributed by atoms with Crippen LogP contribution in [0.15, 0.2) is 73.1 Å². The Hall–Kier alpha value is -3.87. The lowest BCUT2D eigenvalue weighted by molar-refractivity contribution is -0.115. The Morgan fingerprint density at radius 2 is 1.76 bits per heavy atom. The van der Waals surface area contributed by atoms with Gasteiger partial charge in [0.25, 0.3) is 0 Å². The number of hydrogen-bond acceptors (Lipinski definition) is 4. The molecular weight excluding hydrogens is 369 g/mol. The van der Waals surface area contributed by atoms with Gasteiger partial charge in [-0.3, -0.25) is 9.48 Å². The normalized spacial score (nSPS) is 10.7. The third-order valence-electron chi connectivity index (χ3n) is 4.50. The molecule has 0 unspecified atom stereocenters. The first-order valence-electron chi connectivity index (χ1n) is 9.05. The molecule has 0 saturated heterocycles. The van der Waals surface area contributed by atoms with Crippen molar-refractivity contribution >= 4 is 11.7 Å². The summed E-state index contributed by atoms with van der Waals surface area (Å²) in [7, 11) is 1.75. The van der Waals surface area contributed by atoms with Crippen LogP contribution in [0.1, 0.15) is 5.56 Å². The molecule has 1 N–H and O–H groups in total. The van der Waals surface area contributed by atoms with E-state index in [1.807, 2.05) is 30.3 Å². The molecule has 144 valence electrons. The van der Waals surface area contributed by atoms with E-state index in [2.05, 4.69) is 20.6 Å². The van der Waals surface area contributed by atoms with E-state index < -0.39 is 0 Å². The third kappa shape index (κ3) is 4.03. The van der Waals surface area contributed by atoms with Crippen molar-refractivity contribution in [2.45, 2.75) is 6.42 Å². The third-order valence-corrected chi connectivity index (χ3v) is 4.50. The van der Waals surface area contributed by atoms with Crippen molar-refractivity contribution in [3.63, 3.8) is 0 Å². The summed E-state index contributed by atoms with van der Waals surface area (Å²) in [5.41, 5.74) is 3.73. The zero-order chi connectivity index (χ0) is 20.2. The van der Waals surface area contributed by atoms with Crippen LogP contribution in [0, 0.1) is 5.82 Å². The summed E-state index contributed by atoms with van der Waals surface area (Å²) in [4.78, 5) is 12.7. The van der Waals surface area contributed by atoms with Gasteiger partial charge in [0.05, 0.1) is 24.4 Å². The quantitative estimate of drug-likeness (QED) is 0.564. The average molecular weight is 387 g/mol. The van der Waals surface area contributed by atoms with Crippen LogP contribution in [-0.2, 0) is 18.3 Å². The van der Waals surface area contributed by atoms with Gasteiger partial charge >= 0.3 is 0 Å². The van der Waals surface area contributed by atoms with Crippen molar-refractivity contribution in [2.75, 3.05) is 5.32 Å². The fourth-order valence-corrected chi connectivity index (χ4v) is 3.15. The first-order valence-corrected chi connectivity index (χ1v) is 9.05. The lowest BCUT2D eigenvalue weighted by atomic mass is 10.0. The van der Waals surface area contributed by atoms with Gasteiger partial charge in [-0.15, -0.1) is 0 Å². The Balaban J connectivity index is 1.75. The van der Waals surface area contributed by atoms with Gasteiger partial charge in [-0.2, -0.15) is 15.3 Å². The number of hydrogen-bond donors (Lipinski definition) is 1. The van der Waals surface area contributed by atoms with Crippen LogP contribution in [0.4, 0.5) is 10.2 Å². The molecule has 0 aliphatic carbocycles. The van der Waals surface area contributed by atoms with Crippen molar-refractivity contribution in [1.29, 1.82) is 0 Å². The lowest BCUT2D eigenvalue weighted by Crippen LogP contribution is -2.17. The van der Waals surface area contributed by atoms with Gasteiger partial charge in [0.2, 0.25) is 5.91 Å². The van der Waals surface area contributed by atoms with Gasteiger partial charge < -0.3 is 5.32 Å². The van der Waals surface area contributed by atoms with Crippen LogP contribution in [0.5, 0.6) is 0 Å². The first kappa shape index (κ1) is 18.5. The summed E-state index contributed by atoms with van der Waals surface area (Å²) in [6, 6.07) is 17.4. The van der Waals surface area contributed by atoms with Gasteiger partial charge in [0.15, 0.2) is 0 Å². The second-order valence-corrected chi connectivity index (χ2v) is 6.54. The van der Waals surface area contributed by atoms with Gasteiger partial charge in [-0.25, -0.2) is 4.39 Å². The van der Waals surface area contributed by atoms with E-state index in [1.165, 1.54) is 12.1 Å². The Bertz CT molecular complexity index is 1130. The van der Waals surface area contributed by atoms with Crippen LogP contribution < -0.4 is 5.32 Å². The molecule has 4 aromatic rings. The number of aryl methyl sites for hydroxylation is 1. The number of nitrogens with one attached hydrogen (secondary N) is 1. The van der Waals surface area contributed by atoms with E-state index in [1.54, 1.807) is 42.3 Å². The van der Waals surface area contributed by atoms with Crippen molar-refractivity contribution in [3.8, 4) is 22.4 Å². The van der Waals surface area contributed by atoms with Gasteiger partial charge in [-0.05, 0) is 35.9 Å². The van der Waals surface area contributed by atoms with Crippen LogP contribution in [0.3, 0.4) is 0 Å². The maximum Gasteiger partial charge on any atom is 0.229 e. The summed E-state index contributed by atoms with van der Waals surface area (Å²) in [6.07, 6.45) is 3.43. The number of halogens is 1. The molecule has 7 heteroatoms. The van der Waals surface area contributed by atoms with Crippen LogP contribution in [0.2, 0.25) is 0 Å². The van der Waals surface area contributed by atoms with Crippen molar-refractivity contribution in [3.05, 3.63) is 84.4 Å². The van der Waals surface area contributed by atoms with E-state index >= 15 is 0 Å². The summed E-state index contributed by atoms with van der Waals surface area (Å²) in [5, 5.41) is 15.3. The Labute approximate surface area is 167 Å². The highest BCUT2D eigenvalue weighted by Crippen LogP contribution is 2.37. The standard InChI is InChI=1S/C22H18FN5O/c1-28-22(26-19(29)13-15-5-3-2-4-6-15)20(17-11-12-24-25-14-17)21(27-28)16-7-9-18(23)10-8-16/h2-12,14H,13H2,1H3,(H,26,29). The number of nitrogens with zero attached hydrogens (tertiary/aromatic N) is 4. The number of carbonyl (C=O) groups excluding carboxylic acids is 1. The maximum atomic E-state index is 13.4. The fraction of sp³-hybridized carbons (Fsp3) is 0.0909. The minimum atomic E-state index is -0.326. The van der Waals surface area contributed by atoms with E-state index in [9.17, 15) is 9.18 Å². The largest absolute Gasteiger partial charge is 0.310 e. The number of anilines is 1. The molecule has 0 fully saturated rings. The second-order valence-electron chi connectivity index (χ2n) is 6.54. The van der Waals surface area contributed by atoms with Crippen LogP contribution in [-0.4, -0.2) is 25.9 Å². The minimum Gasteiger partial charge on any atom is -0.310 e. The molecule has 0 radical (unpaired) electrons. The first-order chi connectivity index (χ1) is 14.1. The lowest BCUT2D eigenvalue weighted by Gasteiger charge is -2.09. The molecule has 2 heterocycles. The molecule has 6 nitrogen and oxygen atoms in total. The summed E-state index contributed by atoms with van der Waals surface area (Å²) >= 11 is 0. The second kappa shape index (κ2) is 8.02. The minimum absolute atomic E-state index is 0.159. The van der Waals surface area contributed by atoms with Gasteiger partial charge in [-0.1, -0.05) is 30.3 Å². The van der Waals surface area contributed by atoms with Crippen molar-refractivity contribution < 1.29 is 9.18 Å².